The van der Waals surface area contributed by atoms with Crippen molar-refractivity contribution < 1.29 is 9.13 Å². The molecule has 0 heterocycles. The highest BCUT2D eigenvalue weighted by Gasteiger charge is 2.35. The first-order chi connectivity index (χ1) is 9.00. The lowest BCUT2D eigenvalue weighted by Gasteiger charge is -2.37. The minimum absolute atomic E-state index is 0.167. The molecule has 2 nitrogen and oxygen atoms in total. The summed E-state index contributed by atoms with van der Waals surface area (Å²) in [6.07, 6.45) is 0.810. The minimum atomic E-state index is -0.424. The highest BCUT2D eigenvalue weighted by Crippen LogP contribution is 2.35. The summed E-state index contributed by atoms with van der Waals surface area (Å²) in [6, 6.07) is 5.22. The molecule has 108 valence electrons. The molecule has 1 aromatic rings. The Morgan fingerprint density at radius 3 is 2.58 bits per heavy atom. The number of ether oxygens (including phenoxy) is 1. The van der Waals surface area contributed by atoms with Crippen LogP contribution in [-0.4, -0.2) is 18.8 Å². The maximum atomic E-state index is 14.3. The highest BCUT2D eigenvalue weighted by atomic mass is 79.9. The number of hydrogen-bond acceptors (Lipinski definition) is 2. The van der Waals surface area contributed by atoms with Gasteiger partial charge in [-0.05, 0) is 48.8 Å². The van der Waals surface area contributed by atoms with Crippen LogP contribution in [0.3, 0.4) is 0 Å². The maximum absolute atomic E-state index is 14.3. The van der Waals surface area contributed by atoms with Gasteiger partial charge in [-0.1, -0.05) is 26.0 Å². The molecule has 0 saturated carbocycles. The number of benzene rings is 1. The molecule has 1 rings (SSSR count). The fraction of sp³-hybridized carbons (Fsp3) is 0.600. The van der Waals surface area contributed by atoms with Crippen molar-refractivity contribution in [2.24, 2.45) is 0 Å². The monoisotopic (exact) mass is 331 g/mol. The summed E-state index contributed by atoms with van der Waals surface area (Å²) >= 11 is 3.25. The zero-order valence-electron chi connectivity index (χ0n) is 12.1. The third kappa shape index (κ3) is 3.77. The van der Waals surface area contributed by atoms with Gasteiger partial charge in [0.05, 0.1) is 16.1 Å². The Morgan fingerprint density at radius 1 is 1.37 bits per heavy atom. The van der Waals surface area contributed by atoms with Gasteiger partial charge in [0.15, 0.2) is 0 Å². The van der Waals surface area contributed by atoms with E-state index in [1.165, 1.54) is 0 Å². The summed E-state index contributed by atoms with van der Waals surface area (Å²) in [6.45, 7) is 9.46. The Bertz CT molecular complexity index is 413. The van der Waals surface area contributed by atoms with Crippen molar-refractivity contribution in [1.29, 1.82) is 0 Å². The van der Waals surface area contributed by atoms with Crippen LogP contribution >= 0.6 is 15.9 Å². The molecule has 4 heteroatoms. The van der Waals surface area contributed by atoms with Crippen LogP contribution in [0, 0.1) is 5.82 Å². The summed E-state index contributed by atoms with van der Waals surface area (Å²) in [5, 5.41) is 3.36. The third-order valence-corrected chi connectivity index (χ3v) is 4.10. The zero-order chi connectivity index (χ0) is 14.5. The van der Waals surface area contributed by atoms with E-state index >= 15 is 0 Å². The van der Waals surface area contributed by atoms with Gasteiger partial charge in [0, 0.05) is 12.2 Å². The van der Waals surface area contributed by atoms with Gasteiger partial charge < -0.3 is 10.1 Å². The van der Waals surface area contributed by atoms with Crippen LogP contribution in [0.2, 0.25) is 0 Å². The Kier molecular flexibility index (Phi) is 6.43. The first-order valence-electron chi connectivity index (χ1n) is 6.81. The van der Waals surface area contributed by atoms with Crippen LogP contribution < -0.4 is 5.32 Å². The van der Waals surface area contributed by atoms with Crippen molar-refractivity contribution in [3.05, 3.63) is 34.1 Å². The van der Waals surface area contributed by atoms with Crippen molar-refractivity contribution in [3.63, 3.8) is 0 Å². The Hall–Kier alpha value is -0.450. The second kappa shape index (κ2) is 7.36. The third-order valence-electron chi connectivity index (χ3n) is 3.49. The molecule has 0 amide bonds. The van der Waals surface area contributed by atoms with Crippen LogP contribution in [0.15, 0.2) is 22.7 Å². The van der Waals surface area contributed by atoms with E-state index in [9.17, 15) is 4.39 Å². The average molecular weight is 332 g/mol. The van der Waals surface area contributed by atoms with Gasteiger partial charge in [-0.2, -0.15) is 0 Å². The van der Waals surface area contributed by atoms with E-state index < -0.39 is 5.60 Å². The lowest BCUT2D eigenvalue weighted by atomic mass is 9.87. The lowest BCUT2D eigenvalue weighted by molar-refractivity contribution is -0.0567. The minimum Gasteiger partial charge on any atom is -0.374 e. The van der Waals surface area contributed by atoms with E-state index in [0.29, 0.717) is 16.6 Å². The Labute approximate surface area is 123 Å². The Morgan fingerprint density at radius 2 is 2.05 bits per heavy atom. The molecule has 0 aliphatic rings. The smallest absolute Gasteiger partial charge is 0.142 e. The van der Waals surface area contributed by atoms with Gasteiger partial charge in [0.25, 0.3) is 0 Å². The van der Waals surface area contributed by atoms with Crippen LogP contribution in [0.1, 0.15) is 45.7 Å². The largest absolute Gasteiger partial charge is 0.374 e. The molecule has 0 aliphatic carbocycles. The summed E-state index contributed by atoms with van der Waals surface area (Å²) in [5.41, 5.74) is 0.223. The SMILES string of the molecule is CCNC(c1cccc(Br)c1F)C(C)(CC)OCC. The number of rotatable bonds is 7. The fourth-order valence-electron chi connectivity index (χ4n) is 2.32. The molecule has 0 aromatic heterocycles. The molecule has 1 aromatic carbocycles. The zero-order valence-corrected chi connectivity index (χ0v) is 13.7. The van der Waals surface area contributed by atoms with E-state index in [-0.39, 0.29) is 11.9 Å². The molecule has 0 aliphatic heterocycles. The fourth-order valence-corrected chi connectivity index (χ4v) is 2.70. The highest BCUT2D eigenvalue weighted by molar-refractivity contribution is 9.10. The number of nitrogens with one attached hydrogen (secondary N) is 1. The van der Waals surface area contributed by atoms with Crippen molar-refractivity contribution in [3.8, 4) is 0 Å². The normalized spacial score (nSPS) is 16.1. The molecule has 2 unspecified atom stereocenters. The van der Waals surface area contributed by atoms with Gasteiger partial charge in [-0.3, -0.25) is 0 Å². The molecule has 0 radical (unpaired) electrons. The number of likely N-dealkylation sites (N-methyl/N-ethyl adjacent to an activating group) is 1. The van der Waals surface area contributed by atoms with E-state index in [2.05, 4.69) is 28.2 Å². The van der Waals surface area contributed by atoms with Crippen molar-refractivity contribution in [2.45, 2.75) is 45.8 Å². The van der Waals surface area contributed by atoms with E-state index in [1.807, 2.05) is 32.9 Å². The van der Waals surface area contributed by atoms with E-state index in [0.717, 1.165) is 13.0 Å². The second-order valence-electron chi connectivity index (χ2n) is 4.73. The topological polar surface area (TPSA) is 21.3 Å². The standard InChI is InChI=1S/C15H23BrFNO/c1-5-15(4,19-7-3)14(18-6-2)11-9-8-10-12(16)13(11)17/h8-10,14,18H,5-7H2,1-4H3. The molecule has 0 spiro atoms. The van der Waals surface area contributed by atoms with Gasteiger partial charge in [0.2, 0.25) is 0 Å². The maximum Gasteiger partial charge on any atom is 0.142 e. The molecular weight excluding hydrogens is 309 g/mol. The molecule has 0 saturated heterocycles. The number of hydrogen-bond donors (Lipinski definition) is 1. The Balaban J connectivity index is 3.22. The first kappa shape index (κ1) is 16.6. The molecule has 19 heavy (non-hydrogen) atoms. The van der Waals surface area contributed by atoms with Gasteiger partial charge >= 0.3 is 0 Å². The van der Waals surface area contributed by atoms with Crippen LogP contribution in [0.25, 0.3) is 0 Å². The van der Waals surface area contributed by atoms with Crippen molar-refractivity contribution in [2.75, 3.05) is 13.2 Å². The summed E-state index contributed by atoms with van der Waals surface area (Å²) < 4.78 is 20.7. The van der Waals surface area contributed by atoms with Crippen molar-refractivity contribution in [1.82, 2.24) is 5.32 Å². The summed E-state index contributed by atoms with van der Waals surface area (Å²) in [5.74, 6) is -0.215. The predicted molar refractivity (Wildman–Crippen MR) is 80.8 cm³/mol. The van der Waals surface area contributed by atoms with Crippen LogP contribution in [0.5, 0.6) is 0 Å². The van der Waals surface area contributed by atoms with Gasteiger partial charge in [-0.25, -0.2) is 4.39 Å². The molecule has 0 bridgehead atoms. The predicted octanol–water partition coefficient (Wildman–Crippen LogP) is 4.44. The quantitative estimate of drug-likeness (QED) is 0.797. The molecule has 0 fully saturated rings. The average Bonchev–Trinajstić information content (AvgIpc) is 2.40. The first-order valence-corrected chi connectivity index (χ1v) is 7.60. The second-order valence-corrected chi connectivity index (χ2v) is 5.59. The van der Waals surface area contributed by atoms with E-state index in [1.54, 1.807) is 6.07 Å². The van der Waals surface area contributed by atoms with Crippen LogP contribution in [0.4, 0.5) is 4.39 Å². The van der Waals surface area contributed by atoms with Crippen molar-refractivity contribution >= 4 is 15.9 Å². The van der Waals surface area contributed by atoms with Gasteiger partial charge in [0.1, 0.15) is 5.82 Å². The van der Waals surface area contributed by atoms with E-state index in [4.69, 9.17) is 4.74 Å². The lowest BCUT2D eigenvalue weighted by Crippen LogP contribution is -2.44. The molecule has 1 N–H and O–H groups in total. The molecule has 2 atom stereocenters. The molecular formula is C15H23BrFNO. The van der Waals surface area contributed by atoms with Gasteiger partial charge in [-0.15, -0.1) is 0 Å². The number of halogens is 2. The summed E-state index contributed by atoms with van der Waals surface area (Å²) in [7, 11) is 0. The van der Waals surface area contributed by atoms with Crippen LogP contribution in [-0.2, 0) is 4.74 Å². The summed E-state index contributed by atoms with van der Waals surface area (Å²) in [4.78, 5) is 0.